The summed E-state index contributed by atoms with van der Waals surface area (Å²) < 4.78 is 15.5. The predicted octanol–water partition coefficient (Wildman–Crippen LogP) is 3.43. The van der Waals surface area contributed by atoms with Crippen LogP contribution in [0.2, 0.25) is 5.02 Å². The number of carbonyl (C=O) groups is 2. The van der Waals surface area contributed by atoms with Crippen LogP contribution in [0.5, 0.6) is 17.2 Å². The minimum absolute atomic E-state index is 0.122. The summed E-state index contributed by atoms with van der Waals surface area (Å²) in [6, 6.07) is 9.64. The number of aliphatic carboxylic acids is 1. The van der Waals surface area contributed by atoms with E-state index in [0.717, 1.165) is 0 Å². The van der Waals surface area contributed by atoms with E-state index >= 15 is 0 Å². The molecule has 0 aromatic heterocycles. The van der Waals surface area contributed by atoms with Crippen molar-refractivity contribution >= 4 is 29.4 Å². The van der Waals surface area contributed by atoms with Crippen LogP contribution in [0.1, 0.15) is 15.9 Å². The molecule has 0 unspecified atom stereocenters. The van der Waals surface area contributed by atoms with Gasteiger partial charge in [0.05, 0.1) is 5.02 Å². The van der Waals surface area contributed by atoms with Crippen LogP contribution in [0.4, 0.5) is 0 Å². The summed E-state index contributed by atoms with van der Waals surface area (Å²) in [5, 5.41) is 8.98. The first-order valence-corrected chi connectivity index (χ1v) is 7.67. The highest BCUT2D eigenvalue weighted by atomic mass is 35.5. The molecule has 0 atom stereocenters. The molecule has 0 spiro atoms. The van der Waals surface area contributed by atoms with Crippen LogP contribution >= 0.6 is 11.6 Å². The average molecular weight is 361 g/mol. The molecule has 0 bridgehead atoms. The first-order valence-electron chi connectivity index (χ1n) is 7.29. The van der Waals surface area contributed by atoms with Gasteiger partial charge in [0.2, 0.25) is 6.79 Å². The van der Waals surface area contributed by atoms with E-state index in [1.54, 1.807) is 42.5 Å². The third kappa shape index (κ3) is 4.10. The molecule has 0 saturated carbocycles. The van der Waals surface area contributed by atoms with Gasteiger partial charge in [-0.3, -0.25) is 4.79 Å². The Labute approximate surface area is 148 Å². The third-order valence-corrected chi connectivity index (χ3v) is 3.66. The topological polar surface area (TPSA) is 82.1 Å². The molecule has 0 radical (unpaired) electrons. The molecule has 2 aromatic carbocycles. The molecule has 1 N–H and O–H groups in total. The number of ether oxygens (including phenoxy) is 3. The van der Waals surface area contributed by atoms with Gasteiger partial charge in [0.15, 0.2) is 23.9 Å². The lowest BCUT2D eigenvalue weighted by Gasteiger charge is -2.03. The first-order chi connectivity index (χ1) is 12.0. The molecule has 0 fully saturated rings. The van der Waals surface area contributed by atoms with Crippen LogP contribution < -0.4 is 14.2 Å². The average Bonchev–Trinajstić information content (AvgIpc) is 3.07. The number of hydrogen-bond acceptors (Lipinski definition) is 5. The van der Waals surface area contributed by atoms with Gasteiger partial charge in [0.25, 0.3) is 0 Å². The lowest BCUT2D eigenvalue weighted by molar-refractivity contribution is -0.139. The fourth-order valence-electron chi connectivity index (χ4n) is 2.21. The van der Waals surface area contributed by atoms with Crippen LogP contribution in [0.3, 0.4) is 0 Å². The molecule has 7 heteroatoms. The van der Waals surface area contributed by atoms with Gasteiger partial charge in [0.1, 0.15) is 5.75 Å². The van der Waals surface area contributed by atoms with Crippen LogP contribution in [-0.2, 0) is 4.79 Å². The molecule has 6 nitrogen and oxygen atoms in total. The molecule has 1 aliphatic heterocycles. The summed E-state index contributed by atoms with van der Waals surface area (Å²) in [5.74, 6) is 0.149. The Kier molecular flexibility index (Phi) is 4.90. The van der Waals surface area contributed by atoms with Crippen molar-refractivity contribution in [2.24, 2.45) is 0 Å². The van der Waals surface area contributed by atoms with Gasteiger partial charge < -0.3 is 19.3 Å². The highest BCUT2D eigenvalue weighted by Crippen LogP contribution is 2.40. The SMILES string of the molecule is O=C(O)COc1ccc(C(=O)/C=C/c2cc(Cl)c3c(c2)OCO3)cc1. The van der Waals surface area contributed by atoms with Crippen molar-refractivity contribution in [3.63, 3.8) is 0 Å². The second-order valence-electron chi connectivity index (χ2n) is 5.14. The number of ketones is 1. The quantitative estimate of drug-likeness (QED) is 0.627. The lowest BCUT2D eigenvalue weighted by Crippen LogP contribution is -2.09. The minimum Gasteiger partial charge on any atom is -0.482 e. The lowest BCUT2D eigenvalue weighted by atomic mass is 10.1. The van der Waals surface area contributed by atoms with E-state index in [1.165, 1.54) is 6.08 Å². The summed E-state index contributed by atoms with van der Waals surface area (Å²) in [4.78, 5) is 22.7. The minimum atomic E-state index is -1.06. The number of benzene rings is 2. The maximum absolute atomic E-state index is 12.2. The van der Waals surface area contributed by atoms with Gasteiger partial charge in [-0.2, -0.15) is 0 Å². The Balaban J connectivity index is 1.68. The summed E-state index contributed by atoms with van der Waals surface area (Å²) in [6.45, 7) is -0.310. The number of fused-ring (bicyclic) bond motifs is 1. The third-order valence-electron chi connectivity index (χ3n) is 3.38. The van der Waals surface area contributed by atoms with Gasteiger partial charge in [-0.1, -0.05) is 17.7 Å². The number of rotatable bonds is 6. The highest BCUT2D eigenvalue weighted by molar-refractivity contribution is 6.32. The Morgan fingerprint density at radius 1 is 1.20 bits per heavy atom. The maximum Gasteiger partial charge on any atom is 0.341 e. The molecule has 2 aromatic rings. The zero-order valence-electron chi connectivity index (χ0n) is 12.9. The first kappa shape index (κ1) is 16.9. The van der Waals surface area contributed by atoms with E-state index < -0.39 is 12.6 Å². The normalized spacial score (nSPS) is 12.4. The summed E-state index contributed by atoms with van der Waals surface area (Å²) in [6.07, 6.45) is 3.05. The highest BCUT2D eigenvalue weighted by Gasteiger charge is 2.17. The summed E-state index contributed by atoms with van der Waals surface area (Å²) in [5.41, 5.74) is 1.16. The molecule has 25 heavy (non-hydrogen) atoms. The fraction of sp³-hybridized carbons (Fsp3) is 0.111. The number of carboxylic acids is 1. The molecular formula is C18H13ClO6. The van der Waals surface area contributed by atoms with E-state index in [0.29, 0.717) is 33.4 Å². The van der Waals surface area contributed by atoms with Crippen molar-refractivity contribution in [2.45, 2.75) is 0 Å². The van der Waals surface area contributed by atoms with E-state index in [-0.39, 0.29) is 12.6 Å². The maximum atomic E-state index is 12.2. The largest absolute Gasteiger partial charge is 0.482 e. The van der Waals surface area contributed by atoms with Crippen LogP contribution in [0.15, 0.2) is 42.5 Å². The van der Waals surface area contributed by atoms with E-state index in [9.17, 15) is 9.59 Å². The zero-order valence-corrected chi connectivity index (χ0v) is 13.7. The molecule has 128 valence electrons. The summed E-state index contributed by atoms with van der Waals surface area (Å²) >= 11 is 6.10. The second-order valence-corrected chi connectivity index (χ2v) is 5.55. The van der Waals surface area contributed by atoms with Crippen molar-refractivity contribution in [2.75, 3.05) is 13.4 Å². The fourth-order valence-corrected chi connectivity index (χ4v) is 2.49. The number of allylic oxidation sites excluding steroid dienone is 1. The Morgan fingerprint density at radius 3 is 2.68 bits per heavy atom. The van der Waals surface area contributed by atoms with Crippen molar-refractivity contribution in [1.29, 1.82) is 0 Å². The molecule has 0 aliphatic carbocycles. The summed E-state index contributed by atoms with van der Waals surface area (Å²) in [7, 11) is 0. The molecular weight excluding hydrogens is 348 g/mol. The Hall–Kier alpha value is -2.99. The van der Waals surface area contributed by atoms with Crippen LogP contribution in [-0.4, -0.2) is 30.3 Å². The van der Waals surface area contributed by atoms with Crippen molar-refractivity contribution in [1.82, 2.24) is 0 Å². The molecule has 1 heterocycles. The molecule has 0 amide bonds. The zero-order chi connectivity index (χ0) is 17.8. The second kappa shape index (κ2) is 7.27. The Morgan fingerprint density at radius 2 is 1.96 bits per heavy atom. The number of carboxylic acid groups (broad SMARTS) is 1. The molecule has 3 rings (SSSR count). The number of carbonyl (C=O) groups excluding carboxylic acids is 1. The van der Waals surface area contributed by atoms with Crippen LogP contribution in [0.25, 0.3) is 6.08 Å². The number of halogens is 1. The van der Waals surface area contributed by atoms with Crippen molar-refractivity contribution in [3.8, 4) is 17.2 Å². The van der Waals surface area contributed by atoms with Crippen molar-refractivity contribution in [3.05, 3.63) is 58.6 Å². The predicted molar refractivity (Wildman–Crippen MR) is 90.5 cm³/mol. The molecule has 0 saturated heterocycles. The van der Waals surface area contributed by atoms with Gasteiger partial charge in [-0.05, 0) is 48.0 Å². The van der Waals surface area contributed by atoms with E-state index in [2.05, 4.69) is 0 Å². The monoisotopic (exact) mass is 360 g/mol. The van der Waals surface area contributed by atoms with Gasteiger partial charge in [0, 0.05) is 5.56 Å². The van der Waals surface area contributed by atoms with Crippen molar-refractivity contribution < 1.29 is 28.9 Å². The Bertz CT molecular complexity index is 841. The van der Waals surface area contributed by atoms with Crippen LogP contribution in [0, 0.1) is 0 Å². The standard InChI is InChI=1S/C18H13ClO6/c19-14-7-11(8-16-18(14)25-10-24-16)1-6-15(20)12-2-4-13(5-3-12)23-9-17(21)22/h1-8H,9-10H2,(H,21,22)/b6-1+. The smallest absolute Gasteiger partial charge is 0.341 e. The van der Waals surface area contributed by atoms with Gasteiger partial charge in [-0.15, -0.1) is 0 Å². The molecule has 1 aliphatic rings. The van der Waals surface area contributed by atoms with E-state index in [4.69, 9.17) is 30.9 Å². The van der Waals surface area contributed by atoms with Gasteiger partial charge in [-0.25, -0.2) is 4.79 Å². The number of hydrogen-bond donors (Lipinski definition) is 1. The van der Waals surface area contributed by atoms with Gasteiger partial charge >= 0.3 is 5.97 Å². The van der Waals surface area contributed by atoms with E-state index in [1.807, 2.05) is 0 Å².